The summed E-state index contributed by atoms with van der Waals surface area (Å²) in [6.07, 6.45) is 11.5. The molecule has 6 nitrogen and oxygen atoms in total. The molecule has 1 aliphatic carbocycles. The fourth-order valence-electron chi connectivity index (χ4n) is 2.93. The molecule has 0 aromatic carbocycles. The van der Waals surface area contributed by atoms with Crippen LogP contribution in [0.5, 0.6) is 0 Å². The first-order valence-electron chi connectivity index (χ1n) is 7.70. The van der Waals surface area contributed by atoms with Gasteiger partial charge in [-0.3, -0.25) is 0 Å². The van der Waals surface area contributed by atoms with Crippen LogP contribution in [0.15, 0.2) is 41.3 Å². The van der Waals surface area contributed by atoms with E-state index in [1.54, 1.807) is 17.1 Å². The van der Waals surface area contributed by atoms with Gasteiger partial charge >= 0.3 is 0 Å². The first kappa shape index (κ1) is 13.2. The van der Waals surface area contributed by atoms with Crippen LogP contribution in [-0.2, 0) is 0 Å². The third kappa shape index (κ3) is 2.52. The molecule has 0 unspecified atom stereocenters. The summed E-state index contributed by atoms with van der Waals surface area (Å²) in [4.78, 5) is 8.95. The minimum Gasteiger partial charge on any atom is -0.339 e. The van der Waals surface area contributed by atoms with E-state index >= 15 is 0 Å². The molecule has 1 saturated carbocycles. The predicted molar refractivity (Wildman–Crippen MR) is 80.5 cm³/mol. The zero-order valence-electron chi connectivity index (χ0n) is 12.2. The molecule has 0 N–H and O–H groups in total. The van der Waals surface area contributed by atoms with E-state index in [0.717, 1.165) is 30.1 Å². The summed E-state index contributed by atoms with van der Waals surface area (Å²) in [5.74, 6) is 2.57. The lowest BCUT2D eigenvalue weighted by atomic mass is 9.89. The lowest BCUT2D eigenvalue weighted by Crippen LogP contribution is -2.04. The number of hydrogen-bond acceptors (Lipinski definition) is 5. The Bertz CT molecular complexity index is 726. The van der Waals surface area contributed by atoms with Crippen LogP contribution in [0, 0.1) is 0 Å². The first-order valence-corrected chi connectivity index (χ1v) is 7.70. The minimum absolute atomic E-state index is 0.423. The Morgan fingerprint density at radius 2 is 2.05 bits per heavy atom. The van der Waals surface area contributed by atoms with Gasteiger partial charge < -0.3 is 4.52 Å². The molecule has 22 heavy (non-hydrogen) atoms. The van der Waals surface area contributed by atoms with Crippen molar-refractivity contribution in [2.75, 3.05) is 0 Å². The molecule has 0 bridgehead atoms. The molecule has 0 aliphatic heterocycles. The molecule has 0 amide bonds. The minimum atomic E-state index is 0.423. The maximum absolute atomic E-state index is 5.45. The van der Waals surface area contributed by atoms with Crippen LogP contribution in [-0.4, -0.2) is 24.9 Å². The molecule has 6 heteroatoms. The fourth-order valence-corrected chi connectivity index (χ4v) is 2.93. The van der Waals surface area contributed by atoms with E-state index in [9.17, 15) is 0 Å². The summed E-state index contributed by atoms with van der Waals surface area (Å²) >= 11 is 0. The maximum atomic E-state index is 5.45. The molecular weight excluding hydrogens is 278 g/mol. The van der Waals surface area contributed by atoms with Gasteiger partial charge in [0.15, 0.2) is 5.82 Å². The van der Waals surface area contributed by atoms with Crippen molar-refractivity contribution in [3.05, 3.63) is 42.7 Å². The number of aromatic nitrogens is 5. The number of pyridine rings is 1. The molecule has 0 atom stereocenters. The Balaban J connectivity index is 1.55. The second-order valence-corrected chi connectivity index (χ2v) is 5.65. The molecule has 3 aromatic rings. The third-order valence-electron chi connectivity index (χ3n) is 4.14. The van der Waals surface area contributed by atoms with Crippen LogP contribution in [0.3, 0.4) is 0 Å². The Kier molecular flexibility index (Phi) is 3.42. The van der Waals surface area contributed by atoms with Gasteiger partial charge in [0.25, 0.3) is 0 Å². The maximum Gasteiger partial charge on any atom is 0.230 e. The highest BCUT2D eigenvalue weighted by Crippen LogP contribution is 2.32. The van der Waals surface area contributed by atoms with Gasteiger partial charge in [0, 0.05) is 30.1 Å². The van der Waals surface area contributed by atoms with Gasteiger partial charge in [0.1, 0.15) is 0 Å². The average molecular weight is 295 g/mol. The molecule has 1 aliphatic rings. The summed E-state index contributed by atoms with van der Waals surface area (Å²) < 4.78 is 7.17. The van der Waals surface area contributed by atoms with E-state index in [0.29, 0.717) is 11.7 Å². The molecule has 3 aromatic heterocycles. The average Bonchev–Trinajstić information content (AvgIpc) is 3.28. The SMILES string of the molecule is c1cnn(-c2ccc(-c3noc(C4CCCCC4)n3)cn2)c1. The number of nitrogens with zero attached hydrogens (tertiary/aromatic N) is 5. The molecule has 112 valence electrons. The fraction of sp³-hybridized carbons (Fsp3) is 0.375. The van der Waals surface area contributed by atoms with Crippen LogP contribution < -0.4 is 0 Å². The topological polar surface area (TPSA) is 69.6 Å². The summed E-state index contributed by atoms with van der Waals surface area (Å²) in [6.45, 7) is 0. The van der Waals surface area contributed by atoms with Crippen molar-refractivity contribution in [2.45, 2.75) is 38.0 Å². The lowest BCUT2D eigenvalue weighted by Gasteiger charge is -2.17. The standard InChI is InChI=1S/C16H17N5O/c1-2-5-12(6-3-1)16-19-15(20-22-16)13-7-8-14(17-11-13)21-10-4-9-18-21/h4,7-12H,1-3,5-6H2. The number of rotatable bonds is 3. The smallest absolute Gasteiger partial charge is 0.230 e. The summed E-state index contributed by atoms with van der Waals surface area (Å²) in [5, 5.41) is 8.26. The summed E-state index contributed by atoms with van der Waals surface area (Å²) in [5.41, 5.74) is 0.863. The van der Waals surface area contributed by atoms with Crippen LogP contribution in [0.25, 0.3) is 17.2 Å². The van der Waals surface area contributed by atoms with Crippen molar-refractivity contribution in [3.63, 3.8) is 0 Å². The Hall–Kier alpha value is -2.50. The summed E-state index contributed by atoms with van der Waals surface area (Å²) in [6, 6.07) is 5.71. The van der Waals surface area contributed by atoms with Gasteiger partial charge in [0.2, 0.25) is 11.7 Å². The molecule has 3 heterocycles. The van der Waals surface area contributed by atoms with Crippen molar-refractivity contribution < 1.29 is 4.52 Å². The highest BCUT2D eigenvalue weighted by molar-refractivity contribution is 5.53. The van der Waals surface area contributed by atoms with Crippen molar-refractivity contribution in [2.24, 2.45) is 0 Å². The normalized spacial score (nSPS) is 16.0. The van der Waals surface area contributed by atoms with E-state index in [-0.39, 0.29) is 0 Å². The Morgan fingerprint density at radius 1 is 1.14 bits per heavy atom. The van der Waals surface area contributed by atoms with Crippen LogP contribution in [0.4, 0.5) is 0 Å². The molecule has 4 rings (SSSR count). The molecule has 1 fully saturated rings. The van der Waals surface area contributed by atoms with Crippen LogP contribution in [0.1, 0.15) is 43.9 Å². The van der Waals surface area contributed by atoms with E-state index in [1.165, 1.54) is 19.3 Å². The van der Waals surface area contributed by atoms with Crippen molar-refractivity contribution in [1.29, 1.82) is 0 Å². The van der Waals surface area contributed by atoms with Gasteiger partial charge in [0.05, 0.1) is 0 Å². The van der Waals surface area contributed by atoms with E-state index in [1.807, 2.05) is 24.4 Å². The largest absolute Gasteiger partial charge is 0.339 e. The Labute approximate surface area is 128 Å². The van der Waals surface area contributed by atoms with E-state index in [2.05, 4.69) is 20.2 Å². The summed E-state index contributed by atoms with van der Waals surface area (Å²) in [7, 11) is 0. The molecular formula is C16H17N5O. The molecule has 0 saturated heterocycles. The lowest BCUT2D eigenvalue weighted by molar-refractivity contribution is 0.314. The van der Waals surface area contributed by atoms with Crippen molar-refractivity contribution in [3.8, 4) is 17.2 Å². The van der Waals surface area contributed by atoms with Gasteiger partial charge in [-0.05, 0) is 31.0 Å². The highest BCUT2D eigenvalue weighted by Gasteiger charge is 2.21. The van der Waals surface area contributed by atoms with Gasteiger partial charge in [-0.1, -0.05) is 24.4 Å². The van der Waals surface area contributed by atoms with E-state index in [4.69, 9.17) is 4.52 Å². The molecule has 0 spiro atoms. The monoisotopic (exact) mass is 295 g/mol. The number of hydrogen-bond donors (Lipinski definition) is 0. The molecule has 0 radical (unpaired) electrons. The van der Waals surface area contributed by atoms with Crippen LogP contribution >= 0.6 is 0 Å². The van der Waals surface area contributed by atoms with Crippen molar-refractivity contribution >= 4 is 0 Å². The zero-order valence-corrected chi connectivity index (χ0v) is 12.2. The predicted octanol–water partition coefficient (Wildman–Crippen LogP) is 3.37. The second-order valence-electron chi connectivity index (χ2n) is 5.65. The highest BCUT2D eigenvalue weighted by atomic mass is 16.5. The van der Waals surface area contributed by atoms with Gasteiger partial charge in [-0.25, -0.2) is 9.67 Å². The van der Waals surface area contributed by atoms with Gasteiger partial charge in [-0.15, -0.1) is 0 Å². The zero-order chi connectivity index (χ0) is 14.8. The van der Waals surface area contributed by atoms with Gasteiger partial charge in [-0.2, -0.15) is 10.1 Å². The van der Waals surface area contributed by atoms with E-state index < -0.39 is 0 Å². The third-order valence-corrected chi connectivity index (χ3v) is 4.14. The van der Waals surface area contributed by atoms with Crippen LogP contribution in [0.2, 0.25) is 0 Å². The van der Waals surface area contributed by atoms with Crippen molar-refractivity contribution in [1.82, 2.24) is 24.9 Å². The quantitative estimate of drug-likeness (QED) is 0.741. The first-order chi connectivity index (χ1) is 10.9. The Morgan fingerprint density at radius 3 is 2.77 bits per heavy atom. The second kappa shape index (κ2) is 5.71.